The van der Waals surface area contributed by atoms with Crippen molar-refractivity contribution in [1.82, 2.24) is 15.5 Å². The van der Waals surface area contributed by atoms with Gasteiger partial charge in [-0.1, -0.05) is 26.0 Å². The van der Waals surface area contributed by atoms with Crippen LogP contribution in [0.15, 0.2) is 29.3 Å². The van der Waals surface area contributed by atoms with Crippen LogP contribution in [-0.4, -0.2) is 64.9 Å². The predicted molar refractivity (Wildman–Crippen MR) is 129 cm³/mol. The quantitative estimate of drug-likeness (QED) is 0.273. The van der Waals surface area contributed by atoms with E-state index in [4.69, 9.17) is 9.47 Å². The van der Waals surface area contributed by atoms with Crippen molar-refractivity contribution in [3.8, 4) is 5.75 Å². The van der Waals surface area contributed by atoms with Gasteiger partial charge in [-0.25, -0.2) is 0 Å². The SMILES string of the molecule is CCOC(CCNC(=NC)NCC(c1cccc(OC)c1)N(C)C)C(C)C.I. The molecule has 0 saturated carbocycles. The molecule has 2 N–H and O–H groups in total. The average Bonchev–Trinajstić information content (AvgIpc) is 2.65. The molecule has 0 radical (unpaired) electrons. The van der Waals surface area contributed by atoms with Crippen molar-refractivity contribution in [3.63, 3.8) is 0 Å². The Hall–Kier alpha value is -1.06. The summed E-state index contributed by atoms with van der Waals surface area (Å²) < 4.78 is 11.2. The zero-order chi connectivity index (χ0) is 20.2. The zero-order valence-corrected chi connectivity index (χ0v) is 20.8. The van der Waals surface area contributed by atoms with Gasteiger partial charge in [-0.2, -0.15) is 0 Å². The van der Waals surface area contributed by atoms with E-state index in [0.717, 1.165) is 37.8 Å². The summed E-state index contributed by atoms with van der Waals surface area (Å²) >= 11 is 0. The number of hydrogen-bond donors (Lipinski definition) is 2. The maximum Gasteiger partial charge on any atom is 0.191 e. The Morgan fingerprint density at radius 3 is 2.46 bits per heavy atom. The third kappa shape index (κ3) is 9.43. The molecule has 1 aromatic carbocycles. The third-order valence-electron chi connectivity index (χ3n) is 4.63. The number of aliphatic imine (C=N–C) groups is 1. The number of hydrogen-bond acceptors (Lipinski definition) is 4. The van der Waals surface area contributed by atoms with Crippen molar-refractivity contribution in [2.45, 2.75) is 39.3 Å². The van der Waals surface area contributed by atoms with Gasteiger partial charge in [0.05, 0.1) is 19.3 Å². The van der Waals surface area contributed by atoms with E-state index >= 15 is 0 Å². The van der Waals surface area contributed by atoms with Crippen LogP contribution in [0.2, 0.25) is 0 Å². The fraction of sp³-hybridized carbons (Fsp3) is 0.667. The molecule has 0 saturated heterocycles. The molecule has 0 fully saturated rings. The molecule has 1 rings (SSSR count). The molecule has 162 valence electrons. The first-order valence-corrected chi connectivity index (χ1v) is 9.79. The third-order valence-corrected chi connectivity index (χ3v) is 4.63. The van der Waals surface area contributed by atoms with Gasteiger partial charge < -0.3 is 25.0 Å². The maximum atomic E-state index is 5.81. The Morgan fingerprint density at radius 2 is 1.93 bits per heavy atom. The fourth-order valence-electron chi connectivity index (χ4n) is 3.02. The van der Waals surface area contributed by atoms with Crippen LogP contribution < -0.4 is 15.4 Å². The van der Waals surface area contributed by atoms with E-state index in [1.165, 1.54) is 5.56 Å². The van der Waals surface area contributed by atoms with Gasteiger partial charge in [0.2, 0.25) is 0 Å². The molecule has 2 unspecified atom stereocenters. The van der Waals surface area contributed by atoms with Crippen LogP contribution in [0.4, 0.5) is 0 Å². The van der Waals surface area contributed by atoms with Crippen LogP contribution in [0.3, 0.4) is 0 Å². The molecular formula is C21H39IN4O2. The zero-order valence-electron chi connectivity index (χ0n) is 18.5. The van der Waals surface area contributed by atoms with E-state index in [9.17, 15) is 0 Å². The van der Waals surface area contributed by atoms with Crippen LogP contribution in [0.1, 0.15) is 38.8 Å². The second-order valence-corrected chi connectivity index (χ2v) is 7.16. The Balaban J connectivity index is 0.00000729. The summed E-state index contributed by atoms with van der Waals surface area (Å²) in [6.45, 7) is 8.77. The average molecular weight is 506 g/mol. The molecule has 0 heterocycles. The molecule has 0 aliphatic rings. The molecule has 0 amide bonds. The smallest absolute Gasteiger partial charge is 0.191 e. The van der Waals surface area contributed by atoms with Crippen molar-refractivity contribution in [2.75, 3.05) is 47.9 Å². The van der Waals surface area contributed by atoms with Crippen molar-refractivity contribution in [1.29, 1.82) is 0 Å². The Kier molecular flexibility index (Phi) is 14.3. The highest BCUT2D eigenvalue weighted by atomic mass is 127. The van der Waals surface area contributed by atoms with Crippen molar-refractivity contribution in [2.24, 2.45) is 10.9 Å². The van der Waals surface area contributed by atoms with Crippen molar-refractivity contribution < 1.29 is 9.47 Å². The second kappa shape index (κ2) is 14.9. The number of rotatable bonds is 11. The normalized spacial score (nSPS) is 13.8. The van der Waals surface area contributed by atoms with Crippen LogP contribution in [-0.2, 0) is 4.74 Å². The summed E-state index contributed by atoms with van der Waals surface area (Å²) in [5.41, 5.74) is 1.21. The van der Waals surface area contributed by atoms with Gasteiger partial charge in [-0.15, -0.1) is 24.0 Å². The van der Waals surface area contributed by atoms with Gasteiger partial charge in [0.15, 0.2) is 5.96 Å². The predicted octanol–water partition coefficient (Wildman–Crippen LogP) is 3.53. The van der Waals surface area contributed by atoms with E-state index in [1.54, 1.807) is 14.2 Å². The van der Waals surface area contributed by atoms with Crippen LogP contribution in [0, 0.1) is 5.92 Å². The molecule has 0 aliphatic carbocycles. The number of benzene rings is 1. The minimum atomic E-state index is 0. The fourth-order valence-corrected chi connectivity index (χ4v) is 3.02. The lowest BCUT2D eigenvalue weighted by molar-refractivity contribution is 0.0258. The molecule has 0 bridgehead atoms. The summed E-state index contributed by atoms with van der Waals surface area (Å²) in [4.78, 5) is 6.54. The van der Waals surface area contributed by atoms with E-state index in [2.05, 4.69) is 60.6 Å². The number of nitrogens with zero attached hydrogens (tertiary/aromatic N) is 2. The van der Waals surface area contributed by atoms with E-state index in [1.807, 2.05) is 19.1 Å². The lowest BCUT2D eigenvalue weighted by Crippen LogP contribution is -2.42. The lowest BCUT2D eigenvalue weighted by atomic mass is 10.0. The standard InChI is InChI=1S/C21H38N4O2.HI/c1-8-27-20(16(2)3)12-13-23-21(22-4)24-15-19(25(5)6)17-10-9-11-18(14-17)26-7;/h9-11,14,16,19-20H,8,12-13,15H2,1-7H3,(H2,22,23,24);1H. The first kappa shape index (κ1) is 26.9. The Morgan fingerprint density at radius 1 is 1.21 bits per heavy atom. The number of likely N-dealkylation sites (N-methyl/N-ethyl adjacent to an activating group) is 1. The number of guanidine groups is 1. The van der Waals surface area contributed by atoms with Gasteiger partial charge in [0.1, 0.15) is 5.75 Å². The molecule has 0 aliphatic heterocycles. The van der Waals surface area contributed by atoms with Gasteiger partial charge in [-0.3, -0.25) is 4.99 Å². The molecule has 2 atom stereocenters. The second-order valence-electron chi connectivity index (χ2n) is 7.16. The summed E-state index contributed by atoms with van der Waals surface area (Å²) in [6, 6.07) is 8.41. The minimum Gasteiger partial charge on any atom is -0.497 e. The minimum absolute atomic E-state index is 0. The number of methoxy groups -OCH3 is 1. The summed E-state index contributed by atoms with van der Waals surface area (Å²) in [7, 11) is 7.66. The molecular weight excluding hydrogens is 467 g/mol. The Labute approximate surface area is 188 Å². The molecule has 0 aromatic heterocycles. The van der Waals surface area contributed by atoms with Crippen LogP contribution in [0.25, 0.3) is 0 Å². The highest BCUT2D eigenvalue weighted by Gasteiger charge is 2.16. The first-order chi connectivity index (χ1) is 12.9. The largest absolute Gasteiger partial charge is 0.497 e. The summed E-state index contributed by atoms with van der Waals surface area (Å²) in [5, 5.41) is 6.83. The van der Waals surface area contributed by atoms with Gasteiger partial charge in [0, 0.05) is 26.7 Å². The molecule has 7 heteroatoms. The van der Waals surface area contributed by atoms with Crippen molar-refractivity contribution in [3.05, 3.63) is 29.8 Å². The number of halogens is 1. The maximum absolute atomic E-state index is 5.81. The van der Waals surface area contributed by atoms with Gasteiger partial charge >= 0.3 is 0 Å². The van der Waals surface area contributed by atoms with E-state index in [-0.39, 0.29) is 36.1 Å². The monoisotopic (exact) mass is 506 g/mol. The van der Waals surface area contributed by atoms with Crippen LogP contribution in [0.5, 0.6) is 5.75 Å². The number of nitrogens with one attached hydrogen (secondary N) is 2. The lowest BCUT2D eigenvalue weighted by Gasteiger charge is -2.26. The van der Waals surface area contributed by atoms with Crippen LogP contribution >= 0.6 is 24.0 Å². The van der Waals surface area contributed by atoms with Gasteiger partial charge in [0.25, 0.3) is 0 Å². The highest BCUT2D eigenvalue weighted by Crippen LogP contribution is 2.22. The van der Waals surface area contributed by atoms with Gasteiger partial charge in [-0.05, 0) is 51.1 Å². The van der Waals surface area contributed by atoms with Crippen molar-refractivity contribution >= 4 is 29.9 Å². The topological polar surface area (TPSA) is 58.1 Å². The summed E-state index contributed by atoms with van der Waals surface area (Å²) in [6.07, 6.45) is 1.23. The summed E-state index contributed by atoms with van der Waals surface area (Å²) in [5.74, 6) is 2.19. The van der Waals surface area contributed by atoms with E-state index in [0.29, 0.717) is 5.92 Å². The Bertz CT molecular complexity index is 567. The number of ether oxygens (including phenoxy) is 2. The first-order valence-electron chi connectivity index (χ1n) is 9.79. The molecule has 1 aromatic rings. The molecule has 6 nitrogen and oxygen atoms in total. The molecule has 28 heavy (non-hydrogen) atoms. The molecule has 0 spiro atoms. The van der Waals surface area contributed by atoms with E-state index < -0.39 is 0 Å². The highest BCUT2D eigenvalue weighted by molar-refractivity contribution is 14.0.